The molecule has 100 valence electrons. The van der Waals surface area contributed by atoms with Crippen molar-refractivity contribution in [2.24, 2.45) is 0 Å². The summed E-state index contributed by atoms with van der Waals surface area (Å²) in [5.41, 5.74) is 1.46. The molecule has 2 nitrogen and oxygen atoms in total. The molecule has 0 fully saturated rings. The van der Waals surface area contributed by atoms with Crippen molar-refractivity contribution >= 4 is 44.2 Å². The highest BCUT2D eigenvalue weighted by atomic mass is 79.9. The number of carbonyl (C=O) groups excluding carboxylic acids is 1. The Morgan fingerprint density at radius 1 is 1.20 bits per heavy atom. The SMILES string of the molecule is O=C(c1cccc(F)c1Cl)c1c[nH]c2cc(Br)ccc12. The van der Waals surface area contributed by atoms with Gasteiger partial charge in [-0.1, -0.05) is 39.7 Å². The van der Waals surface area contributed by atoms with Gasteiger partial charge in [0.1, 0.15) is 5.82 Å². The molecule has 0 saturated heterocycles. The zero-order chi connectivity index (χ0) is 14.3. The van der Waals surface area contributed by atoms with Crippen LogP contribution in [0.5, 0.6) is 0 Å². The molecule has 0 aliphatic heterocycles. The molecule has 0 unspecified atom stereocenters. The Balaban J connectivity index is 2.16. The van der Waals surface area contributed by atoms with Gasteiger partial charge >= 0.3 is 0 Å². The van der Waals surface area contributed by atoms with Crippen LogP contribution in [0.1, 0.15) is 15.9 Å². The van der Waals surface area contributed by atoms with Crippen LogP contribution in [-0.2, 0) is 0 Å². The lowest BCUT2D eigenvalue weighted by atomic mass is 10.0. The predicted octanol–water partition coefficient (Wildman–Crippen LogP) is 4.95. The molecule has 0 radical (unpaired) electrons. The molecule has 0 amide bonds. The first-order valence-electron chi connectivity index (χ1n) is 5.83. The fourth-order valence-corrected chi connectivity index (χ4v) is 2.68. The van der Waals surface area contributed by atoms with Crippen LogP contribution in [0.25, 0.3) is 10.9 Å². The number of halogens is 3. The van der Waals surface area contributed by atoms with Gasteiger partial charge < -0.3 is 4.98 Å². The van der Waals surface area contributed by atoms with Crippen LogP contribution in [0.4, 0.5) is 4.39 Å². The van der Waals surface area contributed by atoms with Gasteiger partial charge in [0.2, 0.25) is 0 Å². The summed E-state index contributed by atoms with van der Waals surface area (Å²) in [6.07, 6.45) is 1.61. The van der Waals surface area contributed by atoms with Gasteiger partial charge in [-0.25, -0.2) is 4.39 Å². The van der Waals surface area contributed by atoms with Gasteiger partial charge in [-0.05, 0) is 24.3 Å². The normalized spacial score (nSPS) is 10.9. The molecule has 0 aliphatic rings. The second-order valence-electron chi connectivity index (χ2n) is 4.32. The molecular formula is C15H8BrClFNO. The second-order valence-corrected chi connectivity index (χ2v) is 5.62. The van der Waals surface area contributed by atoms with Crippen molar-refractivity contribution in [1.82, 2.24) is 4.98 Å². The van der Waals surface area contributed by atoms with Gasteiger partial charge in [-0.15, -0.1) is 0 Å². The zero-order valence-electron chi connectivity index (χ0n) is 10.1. The Labute approximate surface area is 127 Å². The summed E-state index contributed by atoms with van der Waals surface area (Å²) in [5, 5.41) is 0.627. The molecule has 3 rings (SSSR count). The van der Waals surface area contributed by atoms with Gasteiger partial charge in [0.15, 0.2) is 5.78 Å². The summed E-state index contributed by atoms with van der Waals surface area (Å²) in [5.74, 6) is -0.900. The van der Waals surface area contributed by atoms with Crippen LogP contribution in [0.2, 0.25) is 5.02 Å². The highest BCUT2D eigenvalue weighted by Crippen LogP contribution is 2.27. The molecule has 0 aliphatic carbocycles. The summed E-state index contributed by atoms with van der Waals surface area (Å²) in [7, 11) is 0. The number of carbonyl (C=O) groups is 1. The largest absolute Gasteiger partial charge is 0.360 e. The third-order valence-corrected chi connectivity index (χ3v) is 3.96. The Hall–Kier alpha value is -1.65. The first kappa shape index (κ1) is 13.3. The number of fused-ring (bicyclic) bond motifs is 1. The number of ketones is 1. The summed E-state index contributed by atoms with van der Waals surface area (Å²) in [4.78, 5) is 15.5. The van der Waals surface area contributed by atoms with E-state index >= 15 is 0 Å². The van der Waals surface area contributed by atoms with E-state index < -0.39 is 5.82 Å². The number of aromatic amines is 1. The van der Waals surface area contributed by atoms with E-state index in [1.165, 1.54) is 18.2 Å². The van der Waals surface area contributed by atoms with Crippen molar-refractivity contribution < 1.29 is 9.18 Å². The van der Waals surface area contributed by atoms with E-state index in [2.05, 4.69) is 20.9 Å². The van der Waals surface area contributed by atoms with Gasteiger partial charge in [0.25, 0.3) is 0 Å². The highest BCUT2D eigenvalue weighted by Gasteiger charge is 2.18. The summed E-state index contributed by atoms with van der Waals surface area (Å²) >= 11 is 9.24. The minimum absolute atomic E-state index is 0.149. The molecule has 20 heavy (non-hydrogen) atoms. The van der Waals surface area contributed by atoms with Gasteiger partial charge in [-0.2, -0.15) is 0 Å². The van der Waals surface area contributed by atoms with Crippen LogP contribution in [-0.4, -0.2) is 10.8 Å². The first-order chi connectivity index (χ1) is 9.58. The van der Waals surface area contributed by atoms with E-state index in [4.69, 9.17) is 11.6 Å². The Morgan fingerprint density at radius 3 is 2.80 bits per heavy atom. The van der Waals surface area contributed by atoms with E-state index in [9.17, 15) is 9.18 Å². The van der Waals surface area contributed by atoms with E-state index in [0.29, 0.717) is 5.56 Å². The molecular weight excluding hydrogens is 345 g/mol. The van der Waals surface area contributed by atoms with E-state index in [1.54, 1.807) is 6.20 Å². The number of nitrogens with one attached hydrogen (secondary N) is 1. The lowest BCUT2D eigenvalue weighted by Gasteiger charge is -2.03. The molecule has 1 N–H and O–H groups in total. The monoisotopic (exact) mass is 351 g/mol. The molecule has 1 aromatic heterocycles. The second kappa shape index (κ2) is 5.04. The van der Waals surface area contributed by atoms with Crippen LogP contribution in [0.15, 0.2) is 47.1 Å². The van der Waals surface area contributed by atoms with Gasteiger partial charge in [0.05, 0.1) is 5.02 Å². The van der Waals surface area contributed by atoms with Crippen molar-refractivity contribution in [3.05, 3.63) is 69.0 Å². The van der Waals surface area contributed by atoms with Crippen molar-refractivity contribution in [2.75, 3.05) is 0 Å². The van der Waals surface area contributed by atoms with Gasteiger partial charge in [-0.3, -0.25) is 4.79 Å². The minimum atomic E-state index is -0.597. The zero-order valence-corrected chi connectivity index (χ0v) is 12.4. The molecule has 0 atom stereocenters. The van der Waals surface area contributed by atoms with Crippen molar-refractivity contribution in [1.29, 1.82) is 0 Å². The van der Waals surface area contributed by atoms with E-state index in [1.807, 2.05) is 18.2 Å². The predicted molar refractivity (Wildman–Crippen MR) is 80.8 cm³/mol. The molecule has 5 heteroatoms. The van der Waals surface area contributed by atoms with Crippen molar-refractivity contribution in [2.45, 2.75) is 0 Å². The highest BCUT2D eigenvalue weighted by molar-refractivity contribution is 9.10. The number of H-pyrrole nitrogens is 1. The maximum absolute atomic E-state index is 13.4. The van der Waals surface area contributed by atoms with Crippen LogP contribution in [0.3, 0.4) is 0 Å². The Bertz CT molecular complexity index is 828. The van der Waals surface area contributed by atoms with E-state index in [0.717, 1.165) is 15.4 Å². The van der Waals surface area contributed by atoms with Crippen molar-refractivity contribution in [3.63, 3.8) is 0 Å². The number of hydrogen-bond donors (Lipinski definition) is 1. The third kappa shape index (κ3) is 2.15. The maximum Gasteiger partial charge on any atom is 0.196 e. The lowest BCUT2D eigenvalue weighted by molar-refractivity contribution is 0.104. The third-order valence-electron chi connectivity index (χ3n) is 3.08. The van der Waals surface area contributed by atoms with Gasteiger partial charge in [0, 0.05) is 32.7 Å². The average molecular weight is 353 g/mol. The fraction of sp³-hybridized carbons (Fsp3) is 0. The van der Waals surface area contributed by atoms with E-state index in [-0.39, 0.29) is 16.4 Å². The van der Waals surface area contributed by atoms with Crippen LogP contribution >= 0.6 is 27.5 Å². The number of benzene rings is 2. The smallest absolute Gasteiger partial charge is 0.196 e. The van der Waals surface area contributed by atoms with Crippen molar-refractivity contribution in [3.8, 4) is 0 Å². The summed E-state index contributed by atoms with van der Waals surface area (Å²) in [6.45, 7) is 0. The average Bonchev–Trinajstić information content (AvgIpc) is 2.84. The number of aromatic nitrogens is 1. The summed E-state index contributed by atoms with van der Waals surface area (Å²) in [6, 6.07) is 9.77. The first-order valence-corrected chi connectivity index (χ1v) is 7.00. The molecule has 1 heterocycles. The lowest BCUT2D eigenvalue weighted by Crippen LogP contribution is -2.02. The minimum Gasteiger partial charge on any atom is -0.360 e. The quantitative estimate of drug-likeness (QED) is 0.650. The maximum atomic E-state index is 13.4. The molecule has 2 aromatic carbocycles. The van der Waals surface area contributed by atoms with Crippen LogP contribution in [0, 0.1) is 5.82 Å². The molecule has 3 aromatic rings. The number of hydrogen-bond acceptors (Lipinski definition) is 1. The number of rotatable bonds is 2. The Kier molecular flexibility index (Phi) is 3.36. The van der Waals surface area contributed by atoms with Crippen LogP contribution < -0.4 is 0 Å². The molecule has 0 bridgehead atoms. The fourth-order valence-electron chi connectivity index (χ4n) is 2.11. The summed E-state index contributed by atoms with van der Waals surface area (Å²) < 4.78 is 14.4. The Morgan fingerprint density at radius 2 is 2.00 bits per heavy atom. The molecule has 0 spiro atoms. The molecule has 0 saturated carbocycles. The topological polar surface area (TPSA) is 32.9 Å². The standard InChI is InChI=1S/C15H8BrClFNO/c16-8-4-5-9-11(7-19-13(9)6-8)15(20)10-2-1-3-12(18)14(10)17/h1-7,19H.